The molecular weight excluding hydrogens is 389 g/mol. The molecule has 2 aromatic rings. The Balaban J connectivity index is 1.59. The van der Waals surface area contributed by atoms with Crippen molar-refractivity contribution in [2.24, 2.45) is 0 Å². The maximum absolute atomic E-state index is 13.3. The van der Waals surface area contributed by atoms with E-state index in [1.807, 2.05) is 31.2 Å². The number of nitrogens with zero attached hydrogens (tertiary/aromatic N) is 3. The van der Waals surface area contributed by atoms with E-state index < -0.39 is 0 Å². The van der Waals surface area contributed by atoms with Crippen molar-refractivity contribution in [1.29, 1.82) is 5.26 Å². The summed E-state index contributed by atoms with van der Waals surface area (Å²) in [6.07, 6.45) is 0.204. The minimum atomic E-state index is -0.332. The van der Waals surface area contributed by atoms with Crippen LogP contribution in [0.15, 0.2) is 59.1 Å². The van der Waals surface area contributed by atoms with Crippen molar-refractivity contribution in [2.75, 3.05) is 24.1 Å². The number of benzene rings is 2. The fraction of sp³-hybridized carbons (Fsp3) is 0.273. The fourth-order valence-electron chi connectivity index (χ4n) is 3.63. The van der Waals surface area contributed by atoms with Gasteiger partial charge in [0.15, 0.2) is 0 Å². The van der Waals surface area contributed by atoms with Crippen LogP contribution in [-0.2, 0) is 4.79 Å². The highest BCUT2D eigenvalue weighted by molar-refractivity contribution is 8.03. The van der Waals surface area contributed by atoms with E-state index in [0.29, 0.717) is 29.8 Å². The van der Waals surface area contributed by atoms with E-state index in [9.17, 15) is 14.4 Å². The second-order valence-corrected chi connectivity index (χ2v) is 7.78. The average Bonchev–Trinajstić information content (AvgIpc) is 2.75. The molecule has 1 amide bonds. The predicted octanol–water partition coefficient (Wildman–Crippen LogP) is 4.44. The van der Waals surface area contributed by atoms with Gasteiger partial charge in [-0.2, -0.15) is 5.26 Å². The zero-order chi connectivity index (χ0) is 20.4. The second-order valence-electron chi connectivity index (χ2n) is 6.84. The molecule has 0 radical (unpaired) electrons. The molecule has 4 rings (SSSR count). The summed E-state index contributed by atoms with van der Waals surface area (Å²) in [6, 6.07) is 16.1. The number of carbonyl (C=O) groups excluding carboxylic acids is 1. The maximum Gasteiger partial charge on any atom is 0.229 e. The smallest absolute Gasteiger partial charge is 0.229 e. The molecule has 1 fully saturated rings. The van der Waals surface area contributed by atoms with Crippen LogP contribution in [0.4, 0.5) is 10.1 Å². The van der Waals surface area contributed by atoms with Crippen molar-refractivity contribution < 1.29 is 13.9 Å². The number of hydrogen-bond donors (Lipinski definition) is 0. The Morgan fingerprint density at radius 3 is 2.59 bits per heavy atom. The van der Waals surface area contributed by atoms with Gasteiger partial charge < -0.3 is 9.64 Å². The van der Waals surface area contributed by atoms with Crippen LogP contribution < -0.4 is 9.64 Å². The lowest BCUT2D eigenvalue weighted by Crippen LogP contribution is -2.47. The molecular formula is C22H20FN3O2S. The Kier molecular flexibility index (Phi) is 5.45. The maximum atomic E-state index is 13.3. The van der Waals surface area contributed by atoms with E-state index in [1.54, 1.807) is 17.0 Å². The molecule has 2 aliphatic heterocycles. The van der Waals surface area contributed by atoms with Gasteiger partial charge in [-0.15, -0.1) is 0 Å². The zero-order valence-corrected chi connectivity index (χ0v) is 16.8. The molecule has 2 heterocycles. The third-order valence-electron chi connectivity index (χ3n) is 5.08. The number of fused-ring (bicyclic) bond motifs is 1. The molecule has 0 aliphatic carbocycles. The predicted molar refractivity (Wildman–Crippen MR) is 111 cm³/mol. The molecule has 2 aromatic carbocycles. The van der Waals surface area contributed by atoms with Gasteiger partial charge in [0.25, 0.3) is 0 Å². The molecule has 1 saturated heterocycles. The van der Waals surface area contributed by atoms with Crippen molar-refractivity contribution in [3.8, 4) is 11.8 Å². The monoisotopic (exact) mass is 409 g/mol. The molecule has 29 heavy (non-hydrogen) atoms. The van der Waals surface area contributed by atoms with Gasteiger partial charge in [0, 0.05) is 18.0 Å². The van der Waals surface area contributed by atoms with E-state index in [-0.39, 0.29) is 24.1 Å². The highest BCUT2D eigenvalue weighted by Crippen LogP contribution is 2.43. The standard InChI is InChI=1S/C22H20FN3O2S/c1-2-28-18-9-7-17(8-10-18)25-13-26-21(27)11-19(15-3-5-16(23)6-4-15)20(12-24)22(26)29-14-25/h3-10,19H,2,11,13-14H2,1H3/t19-/m0/s1. The highest BCUT2D eigenvalue weighted by atomic mass is 32.2. The summed E-state index contributed by atoms with van der Waals surface area (Å²) in [4.78, 5) is 16.7. The number of allylic oxidation sites excluding steroid dienone is 1. The van der Waals surface area contributed by atoms with Gasteiger partial charge in [0.2, 0.25) is 5.91 Å². The summed E-state index contributed by atoms with van der Waals surface area (Å²) >= 11 is 1.49. The summed E-state index contributed by atoms with van der Waals surface area (Å²) in [5.74, 6) is 0.750. The Labute approximate surface area is 173 Å². The van der Waals surface area contributed by atoms with Gasteiger partial charge in [-0.3, -0.25) is 9.69 Å². The van der Waals surface area contributed by atoms with Crippen LogP contribution in [0.5, 0.6) is 5.75 Å². The van der Waals surface area contributed by atoms with Crippen molar-refractivity contribution >= 4 is 23.4 Å². The molecule has 0 bridgehead atoms. The number of amides is 1. The SMILES string of the molecule is CCOc1ccc(N2CSC3=C(C#N)[C@H](c4ccc(F)cc4)CC(=O)N3C2)cc1. The number of carbonyl (C=O) groups is 1. The third-order valence-corrected chi connectivity index (χ3v) is 6.23. The number of hydrogen-bond acceptors (Lipinski definition) is 5. The van der Waals surface area contributed by atoms with Crippen LogP contribution in [0, 0.1) is 17.1 Å². The molecule has 0 unspecified atom stereocenters. The topological polar surface area (TPSA) is 56.6 Å². The van der Waals surface area contributed by atoms with E-state index in [4.69, 9.17) is 4.74 Å². The summed E-state index contributed by atoms with van der Waals surface area (Å²) in [7, 11) is 0. The Morgan fingerprint density at radius 2 is 1.93 bits per heavy atom. The Hall–Kier alpha value is -2.98. The summed E-state index contributed by atoms with van der Waals surface area (Å²) in [5, 5.41) is 10.5. The average molecular weight is 409 g/mol. The first-order valence-electron chi connectivity index (χ1n) is 9.41. The zero-order valence-electron chi connectivity index (χ0n) is 16.0. The van der Waals surface area contributed by atoms with Crippen LogP contribution in [0.1, 0.15) is 24.8 Å². The molecule has 5 nitrogen and oxygen atoms in total. The van der Waals surface area contributed by atoms with Crippen molar-refractivity contribution in [3.63, 3.8) is 0 Å². The van der Waals surface area contributed by atoms with Crippen molar-refractivity contribution in [2.45, 2.75) is 19.3 Å². The lowest BCUT2D eigenvalue weighted by molar-refractivity contribution is -0.129. The van der Waals surface area contributed by atoms with Gasteiger partial charge in [0.1, 0.15) is 11.6 Å². The van der Waals surface area contributed by atoms with Crippen molar-refractivity contribution in [1.82, 2.24) is 4.90 Å². The minimum Gasteiger partial charge on any atom is -0.494 e. The second kappa shape index (κ2) is 8.18. The molecule has 0 aromatic heterocycles. The number of anilines is 1. The summed E-state index contributed by atoms with van der Waals surface area (Å²) < 4.78 is 18.8. The number of ether oxygens (including phenoxy) is 1. The Bertz CT molecular complexity index is 983. The number of rotatable bonds is 4. The third kappa shape index (κ3) is 3.81. The number of nitriles is 1. The van der Waals surface area contributed by atoms with E-state index in [2.05, 4.69) is 11.0 Å². The van der Waals surface area contributed by atoms with Crippen LogP contribution in [0.3, 0.4) is 0 Å². The van der Waals surface area contributed by atoms with Gasteiger partial charge in [0.05, 0.1) is 35.8 Å². The fourth-order valence-corrected chi connectivity index (χ4v) is 4.79. The van der Waals surface area contributed by atoms with Gasteiger partial charge in [-0.1, -0.05) is 23.9 Å². The van der Waals surface area contributed by atoms with Crippen LogP contribution in [-0.4, -0.2) is 30.0 Å². The largest absolute Gasteiger partial charge is 0.494 e. The molecule has 2 aliphatic rings. The molecule has 148 valence electrons. The summed E-state index contributed by atoms with van der Waals surface area (Å²) in [6.45, 7) is 2.95. The molecule has 0 N–H and O–H groups in total. The normalized spacial score (nSPS) is 19.1. The number of thioether (sulfide) groups is 1. The first-order valence-corrected chi connectivity index (χ1v) is 10.4. The first-order chi connectivity index (χ1) is 14.1. The van der Waals surface area contributed by atoms with Crippen molar-refractivity contribution in [3.05, 3.63) is 70.5 Å². The molecule has 0 saturated carbocycles. The van der Waals surface area contributed by atoms with E-state index in [0.717, 1.165) is 17.0 Å². The molecule has 0 spiro atoms. The molecule has 1 atom stereocenters. The Morgan fingerprint density at radius 1 is 1.21 bits per heavy atom. The summed E-state index contributed by atoms with van der Waals surface area (Å²) in [5.41, 5.74) is 2.36. The van der Waals surface area contributed by atoms with E-state index in [1.165, 1.54) is 23.9 Å². The first kappa shape index (κ1) is 19.3. The molecule has 7 heteroatoms. The van der Waals surface area contributed by atoms with Gasteiger partial charge in [-0.05, 0) is 48.9 Å². The van der Waals surface area contributed by atoms with Gasteiger partial charge in [-0.25, -0.2) is 4.39 Å². The van der Waals surface area contributed by atoms with Crippen LogP contribution in [0.25, 0.3) is 0 Å². The van der Waals surface area contributed by atoms with Crippen LogP contribution in [0.2, 0.25) is 0 Å². The number of halogens is 1. The minimum absolute atomic E-state index is 0.0311. The lowest BCUT2D eigenvalue weighted by Gasteiger charge is -2.42. The van der Waals surface area contributed by atoms with Crippen LogP contribution >= 0.6 is 11.8 Å². The van der Waals surface area contributed by atoms with Gasteiger partial charge >= 0.3 is 0 Å². The quantitative estimate of drug-likeness (QED) is 0.747. The van der Waals surface area contributed by atoms with E-state index >= 15 is 0 Å². The highest BCUT2D eigenvalue weighted by Gasteiger charge is 2.38. The lowest BCUT2D eigenvalue weighted by atomic mass is 9.86.